The van der Waals surface area contributed by atoms with Gasteiger partial charge in [0.2, 0.25) is 0 Å². The number of amides is 1. The Morgan fingerprint density at radius 1 is 1.36 bits per heavy atom. The van der Waals surface area contributed by atoms with E-state index in [0.717, 1.165) is 35.4 Å². The number of nitrogens with zero attached hydrogens (tertiary/aromatic N) is 1. The van der Waals surface area contributed by atoms with Crippen LogP contribution in [0.25, 0.3) is 0 Å². The molecule has 22 heavy (non-hydrogen) atoms. The number of hydrogen-bond acceptors (Lipinski definition) is 3. The van der Waals surface area contributed by atoms with Gasteiger partial charge in [0.25, 0.3) is 5.91 Å². The molecule has 1 amide bonds. The largest absolute Gasteiger partial charge is 0.497 e. The molecule has 0 spiro atoms. The highest BCUT2D eigenvalue weighted by molar-refractivity contribution is 6.02. The molecule has 1 N–H and O–H groups in total. The summed E-state index contributed by atoms with van der Waals surface area (Å²) in [7, 11) is 1.59. The fourth-order valence-corrected chi connectivity index (χ4v) is 2.35. The van der Waals surface area contributed by atoms with Crippen molar-refractivity contribution < 1.29 is 9.53 Å². The second-order valence-corrected chi connectivity index (χ2v) is 5.60. The van der Waals surface area contributed by atoms with Crippen LogP contribution in [-0.2, 0) is 0 Å². The third-order valence-electron chi connectivity index (χ3n) is 3.95. The fraction of sp³-hybridized carbons (Fsp3) is 0.333. The van der Waals surface area contributed by atoms with Crippen molar-refractivity contribution in [3.05, 3.63) is 53.6 Å². The molecular weight excluding hydrogens is 276 g/mol. The smallest absolute Gasteiger partial charge is 0.271 e. The Kier molecular flexibility index (Phi) is 5.15. The minimum absolute atomic E-state index is 0.222. The average molecular weight is 298 g/mol. The lowest BCUT2D eigenvalue weighted by atomic mass is 9.85. The minimum atomic E-state index is -0.222. The Bertz CT molecular complexity index is 627. The predicted molar refractivity (Wildman–Crippen MR) is 89.2 cm³/mol. The Morgan fingerprint density at radius 2 is 2.05 bits per heavy atom. The molecule has 1 atom stereocenters. The van der Waals surface area contributed by atoms with Gasteiger partial charge in [0.15, 0.2) is 0 Å². The van der Waals surface area contributed by atoms with Gasteiger partial charge in [0, 0.05) is 5.56 Å². The average Bonchev–Trinajstić information content (AvgIpc) is 2.53. The van der Waals surface area contributed by atoms with Crippen LogP contribution in [0.3, 0.4) is 0 Å². The number of allylic oxidation sites excluding steroid dienone is 3. The van der Waals surface area contributed by atoms with Crippen LogP contribution in [-0.4, -0.2) is 18.7 Å². The second kappa shape index (κ2) is 7.07. The standard InChI is InChI=1S/C18H22N2O2/c1-12(2)15-6-5-13(3)17(11-15)19-20-18(21)14-7-9-16(22-4)10-8-14/h5,7-10,15H,1,6,11H2,2-4H3,(H,20,21)/t15-/m0/s1. The molecule has 116 valence electrons. The zero-order valence-electron chi connectivity index (χ0n) is 13.3. The maximum Gasteiger partial charge on any atom is 0.271 e. The van der Waals surface area contributed by atoms with Crippen LogP contribution in [0.1, 0.15) is 37.0 Å². The van der Waals surface area contributed by atoms with E-state index in [9.17, 15) is 4.79 Å². The molecule has 0 bridgehead atoms. The van der Waals surface area contributed by atoms with Crippen LogP contribution in [0.15, 0.2) is 53.2 Å². The number of benzene rings is 1. The summed E-state index contributed by atoms with van der Waals surface area (Å²) in [6.07, 6.45) is 3.97. The highest BCUT2D eigenvalue weighted by atomic mass is 16.5. The number of rotatable bonds is 4. The Balaban J connectivity index is 2.06. The topological polar surface area (TPSA) is 50.7 Å². The molecule has 1 aliphatic carbocycles. The number of carbonyl (C=O) groups is 1. The minimum Gasteiger partial charge on any atom is -0.497 e. The van der Waals surface area contributed by atoms with Gasteiger partial charge in [-0.3, -0.25) is 4.79 Å². The number of hydrazone groups is 1. The highest BCUT2D eigenvalue weighted by Crippen LogP contribution is 2.26. The zero-order chi connectivity index (χ0) is 16.1. The van der Waals surface area contributed by atoms with Gasteiger partial charge in [0.1, 0.15) is 5.75 Å². The first kappa shape index (κ1) is 16.0. The first-order valence-corrected chi connectivity index (χ1v) is 7.34. The van der Waals surface area contributed by atoms with Gasteiger partial charge in [-0.1, -0.05) is 18.2 Å². The summed E-state index contributed by atoms with van der Waals surface area (Å²) in [5.41, 5.74) is 6.38. The van der Waals surface area contributed by atoms with Gasteiger partial charge >= 0.3 is 0 Å². The third-order valence-corrected chi connectivity index (χ3v) is 3.95. The summed E-state index contributed by atoms with van der Waals surface area (Å²) in [4.78, 5) is 12.1. The van der Waals surface area contributed by atoms with Crippen molar-refractivity contribution in [1.82, 2.24) is 5.43 Å². The predicted octanol–water partition coefficient (Wildman–Crippen LogP) is 3.71. The van der Waals surface area contributed by atoms with Gasteiger partial charge in [-0.2, -0.15) is 5.10 Å². The molecule has 4 heteroatoms. The molecule has 1 aromatic carbocycles. The van der Waals surface area contributed by atoms with E-state index in [1.54, 1.807) is 31.4 Å². The lowest BCUT2D eigenvalue weighted by Crippen LogP contribution is -2.23. The number of hydrogen-bond donors (Lipinski definition) is 1. The Hall–Kier alpha value is -2.36. The van der Waals surface area contributed by atoms with E-state index >= 15 is 0 Å². The summed E-state index contributed by atoms with van der Waals surface area (Å²) < 4.78 is 5.08. The third kappa shape index (κ3) is 3.85. The molecule has 4 nitrogen and oxygen atoms in total. The molecule has 0 aliphatic heterocycles. The summed E-state index contributed by atoms with van der Waals surface area (Å²) in [6.45, 7) is 8.07. The molecule has 0 saturated carbocycles. The quantitative estimate of drug-likeness (QED) is 0.680. The van der Waals surface area contributed by atoms with Crippen LogP contribution in [0.5, 0.6) is 5.75 Å². The van der Waals surface area contributed by atoms with Crippen molar-refractivity contribution in [1.29, 1.82) is 0 Å². The molecule has 0 radical (unpaired) electrons. The van der Waals surface area contributed by atoms with E-state index in [4.69, 9.17) is 4.74 Å². The van der Waals surface area contributed by atoms with Gasteiger partial charge in [-0.25, -0.2) is 5.43 Å². The zero-order valence-corrected chi connectivity index (χ0v) is 13.3. The number of ether oxygens (including phenoxy) is 1. The summed E-state index contributed by atoms with van der Waals surface area (Å²) in [5.74, 6) is 0.902. The van der Waals surface area contributed by atoms with Crippen molar-refractivity contribution in [3.8, 4) is 5.75 Å². The molecule has 1 aliphatic rings. The van der Waals surface area contributed by atoms with Crippen LogP contribution < -0.4 is 10.2 Å². The van der Waals surface area contributed by atoms with Crippen molar-refractivity contribution in [2.75, 3.05) is 7.11 Å². The monoisotopic (exact) mass is 298 g/mol. The first-order valence-electron chi connectivity index (χ1n) is 7.34. The summed E-state index contributed by atoms with van der Waals surface area (Å²) in [6, 6.07) is 6.94. The Morgan fingerprint density at radius 3 is 2.64 bits per heavy atom. The SMILES string of the molecule is C=C(C)[C@H]1CC=C(C)C(=NNC(=O)c2ccc(OC)cc2)C1. The van der Waals surface area contributed by atoms with E-state index in [1.807, 2.05) is 13.8 Å². The van der Waals surface area contributed by atoms with E-state index in [1.165, 1.54) is 0 Å². The van der Waals surface area contributed by atoms with Crippen molar-refractivity contribution in [2.24, 2.45) is 11.0 Å². The van der Waals surface area contributed by atoms with Gasteiger partial charge in [-0.05, 0) is 62.4 Å². The molecular formula is C18H22N2O2. The molecule has 2 rings (SSSR count). The van der Waals surface area contributed by atoms with Crippen molar-refractivity contribution >= 4 is 11.6 Å². The molecule has 0 heterocycles. The lowest BCUT2D eigenvalue weighted by Gasteiger charge is -2.22. The molecule has 0 fully saturated rings. The highest BCUT2D eigenvalue weighted by Gasteiger charge is 2.18. The summed E-state index contributed by atoms with van der Waals surface area (Å²) >= 11 is 0. The molecule has 0 unspecified atom stereocenters. The van der Waals surface area contributed by atoms with E-state index < -0.39 is 0 Å². The van der Waals surface area contributed by atoms with Gasteiger partial charge in [-0.15, -0.1) is 0 Å². The fourth-order valence-electron chi connectivity index (χ4n) is 2.35. The second-order valence-electron chi connectivity index (χ2n) is 5.60. The van der Waals surface area contributed by atoms with E-state index in [-0.39, 0.29) is 5.91 Å². The van der Waals surface area contributed by atoms with Crippen LogP contribution in [0, 0.1) is 5.92 Å². The number of nitrogens with one attached hydrogen (secondary N) is 1. The molecule has 1 aromatic rings. The van der Waals surface area contributed by atoms with Crippen LogP contribution >= 0.6 is 0 Å². The first-order chi connectivity index (χ1) is 10.5. The van der Waals surface area contributed by atoms with E-state index in [2.05, 4.69) is 23.2 Å². The van der Waals surface area contributed by atoms with Crippen LogP contribution in [0.4, 0.5) is 0 Å². The van der Waals surface area contributed by atoms with Crippen molar-refractivity contribution in [2.45, 2.75) is 26.7 Å². The number of methoxy groups -OCH3 is 1. The Labute approximate surface area is 131 Å². The van der Waals surface area contributed by atoms with Gasteiger partial charge < -0.3 is 4.74 Å². The van der Waals surface area contributed by atoms with Gasteiger partial charge in [0.05, 0.1) is 12.8 Å². The maximum absolute atomic E-state index is 12.1. The molecule has 0 aromatic heterocycles. The summed E-state index contributed by atoms with van der Waals surface area (Å²) in [5, 5.41) is 4.29. The maximum atomic E-state index is 12.1. The normalized spacial score (nSPS) is 19.5. The molecule has 0 saturated heterocycles. The number of carbonyl (C=O) groups excluding carboxylic acids is 1. The lowest BCUT2D eigenvalue weighted by molar-refractivity contribution is 0.0954. The van der Waals surface area contributed by atoms with Crippen LogP contribution in [0.2, 0.25) is 0 Å². The van der Waals surface area contributed by atoms with E-state index in [0.29, 0.717) is 11.5 Å². The van der Waals surface area contributed by atoms with Crippen molar-refractivity contribution in [3.63, 3.8) is 0 Å².